The number of nitrogens with zero attached hydrogens (tertiary/aromatic N) is 2. The fraction of sp³-hybridized carbons (Fsp3) is 0.455. The fourth-order valence-electron chi connectivity index (χ4n) is 1.90. The maximum atomic E-state index is 5.20. The van der Waals surface area contributed by atoms with Crippen LogP contribution in [0.2, 0.25) is 0 Å². The van der Waals surface area contributed by atoms with Gasteiger partial charge in [-0.15, -0.1) is 6.58 Å². The molecule has 6 heteroatoms. The first kappa shape index (κ1) is 12.1. The summed E-state index contributed by atoms with van der Waals surface area (Å²) in [7, 11) is 1.93. The monoisotopic (exact) mass is 251 g/mol. The predicted octanol–water partition coefficient (Wildman–Crippen LogP) is 0.538. The zero-order valence-electron chi connectivity index (χ0n) is 9.92. The summed E-state index contributed by atoms with van der Waals surface area (Å²) < 4.78 is 1.85. The minimum Gasteiger partial charge on any atom is -0.359 e. The Labute approximate surface area is 106 Å². The van der Waals surface area contributed by atoms with Crippen LogP contribution in [0.3, 0.4) is 0 Å². The number of rotatable bonds is 3. The van der Waals surface area contributed by atoms with Gasteiger partial charge < -0.3 is 16.0 Å². The molecule has 0 saturated heterocycles. The van der Waals surface area contributed by atoms with Crippen LogP contribution < -0.4 is 16.0 Å². The Bertz CT molecular complexity index is 437. The molecule has 0 aromatic carbocycles. The molecule has 0 fully saturated rings. The van der Waals surface area contributed by atoms with Gasteiger partial charge in [-0.25, -0.2) is 0 Å². The molecular weight excluding hydrogens is 234 g/mol. The van der Waals surface area contributed by atoms with E-state index in [1.165, 1.54) is 5.56 Å². The van der Waals surface area contributed by atoms with E-state index in [9.17, 15) is 0 Å². The summed E-state index contributed by atoms with van der Waals surface area (Å²) in [6.45, 7) is 6.13. The van der Waals surface area contributed by atoms with Gasteiger partial charge in [0.25, 0.3) is 0 Å². The van der Waals surface area contributed by atoms with Crippen LogP contribution in [0.25, 0.3) is 0 Å². The molecule has 0 radical (unpaired) electrons. The van der Waals surface area contributed by atoms with Crippen LogP contribution in [0.5, 0.6) is 0 Å². The van der Waals surface area contributed by atoms with Crippen molar-refractivity contribution in [3.8, 4) is 0 Å². The van der Waals surface area contributed by atoms with Crippen molar-refractivity contribution in [3.05, 3.63) is 23.9 Å². The molecule has 0 aliphatic carbocycles. The second-order valence-electron chi connectivity index (χ2n) is 3.95. The lowest BCUT2D eigenvalue weighted by Gasteiger charge is -2.14. The molecule has 1 aromatic heterocycles. The number of hydrogen-bond donors (Lipinski definition) is 3. The molecule has 0 amide bonds. The lowest BCUT2D eigenvalue weighted by molar-refractivity contribution is 0.633. The summed E-state index contributed by atoms with van der Waals surface area (Å²) in [6.07, 6.45) is 2.74. The molecule has 92 valence electrons. The van der Waals surface area contributed by atoms with E-state index in [0.717, 1.165) is 31.0 Å². The molecule has 3 N–H and O–H groups in total. The molecule has 1 aromatic rings. The number of anilines is 1. The molecule has 5 nitrogen and oxygen atoms in total. The Morgan fingerprint density at radius 2 is 2.53 bits per heavy atom. The number of aryl methyl sites for hydroxylation is 1. The van der Waals surface area contributed by atoms with Gasteiger partial charge in [-0.3, -0.25) is 4.68 Å². The fourth-order valence-corrected chi connectivity index (χ4v) is 2.08. The molecule has 0 unspecified atom stereocenters. The van der Waals surface area contributed by atoms with Crippen molar-refractivity contribution in [2.45, 2.75) is 13.0 Å². The lowest BCUT2D eigenvalue weighted by Crippen LogP contribution is -2.30. The summed E-state index contributed by atoms with van der Waals surface area (Å²) in [5, 5.41) is 14.7. The van der Waals surface area contributed by atoms with Crippen LogP contribution in [-0.4, -0.2) is 28.0 Å². The first-order valence-electron chi connectivity index (χ1n) is 5.63. The normalized spacial score (nSPS) is 13.9. The minimum absolute atomic E-state index is 0.598. The maximum Gasteiger partial charge on any atom is 0.172 e. The van der Waals surface area contributed by atoms with E-state index in [2.05, 4.69) is 27.6 Å². The zero-order chi connectivity index (χ0) is 12.3. The Balaban J connectivity index is 2.12. The van der Waals surface area contributed by atoms with Crippen molar-refractivity contribution >= 4 is 23.1 Å². The largest absolute Gasteiger partial charge is 0.359 e. The van der Waals surface area contributed by atoms with Crippen LogP contribution in [0.15, 0.2) is 12.7 Å². The molecule has 1 aliphatic rings. The molecule has 0 atom stereocenters. The highest BCUT2D eigenvalue weighted by Gasteiger charge is 2.19. The Morgan fingerprint density at radius 3 is 3.29 bits per heavy atom. The molecule has 17 heavy (non-hydrogen) atoms. The van der Waals surface area contributed by atoms with Gasteiger partial charge in [0.15, 0.2) is 5.11 Å². The summed E-state index contributed by atoms with van der Waals surface area (Å²) in [5.74, 6) is 0.966. The van der Waals surface area contributed by atoms with Crippen molar-refractivity contribution < 1.29 is 0 Å². The van der Waals surface area contributed by atoms with Crippen LogP contribution in [-0.2, 0) is 20.0 Å². The van der Waals surface area contributed by atoms with E-state index in [4.69, 9.17) is 12.2 Å². The van der Waals surface area contributed by atoms with E-state index in [1.807, 2.05) is 11.7 Å². The average molecular weight is 251 g/mol. The smallest absolute Gasteiger partial charge is 0.172 e. The molecular formula is C11H17N5S. The molecule has 0 spiro atoms. The van der Waals surface area contributed by atoms with Crippen molar-refractivity contribution in [3.63, 3.8) is 0 Å². The summed E-state index contributed by atoms with van der Waals surface area (Å²) in [4.78, 5) is 0. The van der Waals surface area contributed by atoms with Gasteiger partial charge in [0.2, 0.25) is 0 Å². The molecule has 0 bridgehead atoms. The lowest BCUT2D eigenvalue weighted by atomic mass is 10.1. The van der Waals surface area contributed by atoms with Gasteiger partial charge in [-0.05, 0) is 12.2 Å². The van der Waals surface area contributed by atoms with E-state index in [-0.39, 0.29) is 0 Å². The molecule has 2 heterocycles. The van der Waals surface area contributed by atoms with Crippen LogP contribution in [0.4, 0.5) is 5.82 Å². The van der Waals surface area contributed by atoms with Gasteiger partial charge in [0.05, 0.1) is 5.69 Å². The minimum atomic E-state index is 0.598. The zero-order valence-corrected chi connectivity index (χ0v) is 10.7. The molecule has 2 rings (SSSR count). The van der Waals surface area contributed by atoms with E-state index in [0.29, 0.717) is 11.7 Å². The maximum absolute atomic E-state index is 5.20. The Kier molecular flexibility index (Phi) is 3.75. The first-order valence-corrected chi connectivity index (χ1v) is 6.04. The highest BCUT2D eigenvalue weighted by molar-refractivity contribution is 7.80. The quantitative estimate of drug-likeness (QED) is 0.541. The van der Waals surface area contributed by atoms with Crippen molar-refractivity contribution in [1.82, 2.24) is 20.4 Å². The number of thiocarbonyl (C=S) groups is 1. The summed E-state index contributed by atoms with van der Waals surface area (Å²) in [5.41, 5.74) is 2.36. The number of aromatic nitrogens is 2. The first-order chi connectivity index (χ1) is 8.22. The predicted molar refractivity (Wildman–Crippen MR) is 73.0 cm³/mol. The SMILES string of the molecule is C=CCNC(=S)Nc1c2c(nn1C)CCNC2. The summed E-state index contributed by atoms with van der Waals surface area (Å²) >= 11 is 5.20. The van der Waals surface area contributed by atoms with E-state index < -0.39 is 0 Å². The van der Waals surface area contributed by atoms with Crippen molar-refractivity contribution in [1.29, 1.82) is 0 Å². The van der Waals surface area contributed by atoms with Gasteiger partial charge in [-0.2, -0.15) is 5.10 Å². The topological polar surface area (TPSA) is 53.9 Å². The van der Waals surface area contributed by atoms with Gasteiger partial charge in [0, 0.05) is 38.7 Å². The second-order valence-corrected chi connectivity index (χ2v) is 4.36. The Morgan fingerprint density at radius 1 is 1.71 bits per heavy atom. The standard InChI is InChI=1S/C11H17N5S/c1-3-5-13-11(17)14-10-8-7-12-6-4-9(8)15-16(10)2/h3,12H,1,4-7H2,2H3,(H2,13,14,17). The van der Waals surface area contributed by atoms with Crippen LogP contribution >= 0.6 is 12.2 Å². The van der Waals surface area contributed by atoms with Gasteiger partial charge in [0.1, 0.15) is 5.82 Å². The van der Waals surface area contributed by atoms with Crippen LogP contribution in [0, 0.1) is 0 Å². The number of hydrogen-bond acceptors (Lipinski definition) is 3. The second kappa shape index (κ2) is 5.29. The number of nitrogens with one attached hydrogen (secondary N) is 3. The Hall–Kier alpha value is -1.40. The highest BCUT2D eigenvalue weighted by Crippen LogP contribution is 2.21. The van der Waals surface area contributed by atoms with Gasteiger partial charge in [-0.1, -0.05) is 6.08 Å². The third-order valence-electron chi connectivity index (χ3n) is 2.71. The van der Waals surface area contributed by atoms with Crippen molar-refractivity contribution in [2.75, 3.05) is 18.4 Å². The third kappa shape index (κ3) is 2.65. The summed E-state index contributed by atoms with van der Waals surface area (Å²) in [6, 6.07) is 0. The van der Waals surface area contributed by atoms with E-state index >= 15 is 0 Å². The van der Waals surface area contributed by atoms with E-state index in [1.54, 1.807) is 6.08 Å². The highest BCUT2D eigenvalue weighted by atomic mass is 32.1. The molecule has 0 saturated carbocycles. The molecule has 1 aliphatic heterocycles. The van der Waals surface area contributed by atoms with Gasteiger partial charge >= 0.3 is 0 Å². The third-order valence-corrected chi connectivity index (χ3v) is 2.95. The van der Waals surface area contributed by atoms with Crippen molar-refractivity contribution in [2.24, 2.45) is 7.05 Å². The van der Waals surface area contributed by atoms with Crippen LogP contribution in [0.1, 0.15) is 11.3 Å². The number of fused-ring (bicyclic) bond motifs is 1. The average Bonchev–Trinajstić information content (AvgIpc) is 2.64.